The van der Waals surface area contributed by atoms with Gasteiger partial charge < -0.3 is 9.47 Å². The predicted octanol–water partition coefficient (Wildman–Crippen LogP) is 1.85. The smallest absolute Gasteiger partial charge is 0.337 e. The molecule has 0 radical (unpaired) electrons. The maximum Gasteiger partial charge on any atom is 0.337 e. The highest BCUT2D eigenvalue weighted by atomic mass is 32.2. The van der Waals surface area contributed by atoms with E-state index in [9.17, 15) is 23.3 Å². The Morgan fingerprint density at radius 2 is 1.90 bits per heavy atom. The van der Waals surface area contributed by atoms with Gasteiger partial charge in [0.05, 0.1) is 42.7 Å². The Balaban J connectivity index is 1.86. The van der Waals surface area contributed by atoms with Crippen molar-refractivity contribution in [1.29, 1.82) is 0 Å². The molecular formula is C19H20N4O7S. The maximum atomic E-state index is 13.1. The number of anilines is 1. The molecule has 0 unspecified atom stereocenters. The third-order valence-corrected chi connectivity index (χ3v) is 6.43. The Kier molecular flexibility index (Phi) is 6.95. The molecule has 3 rings (SSSR count). The minimum atomic E-state index is -4.00. The highest BCUT2D eigenvalue weighted by molar-refractivity contribution is 7.89. The number of morpholine rings is 1. The molecule has 0 bridgehead atoms. The molecule has 0 saturated carbocycles. The fourth-order valence-electron chi connectivity index (χ4n) is 2.86. The molecule has 1 fully saturated rings. The summed E-state index contributed by atoms with van der Waals surface area (Å²) in [6.45, 7) is 0.799. The summed E-state index contributed by atoms with van der Waals surface area (Å²) >= 11 is 0. The molecule has 11 nitrogen and oxygen atoms in total. The van der Waals surface area contributed by atoms with Gasteiger partial charge in [0.25, 0.3) is 5.69 Å². The number of methoxy groups -OCH3 is 1. The Morgan fingerprint density at radius 3 is 2.52 bits per heavy atom. The van der Waals surface area contributed by atoms with Crippen LogP contribution in [-0.2, 0) is 19.5 Å². The normalized spacial score (nSPS) is 15.0. The maximum absolute atomic E-state index is 13.1. The van der Waals surface area contributed by atoms with Crippen LogP contribution < -0.4 is 5.43 Å². The summed E-state index contributed by atoms with van der Waals surface area (Å²) in [6.07, 6.45) is 1.42. The number of hydrogen-bond acceptors (Lipinski definition) is 9. The van der Waals surface area contributed by atoms with E-state index in [4.69, 9.17) is 4.74 Å². The predicted molar refractivity (Wildman–Crippen MR) is 112 cm³/mol. The number of benzene rings is 2. The second kappa shape index (κ2) is 9.64. The number of nitrogens with one attached hydrogen (secondary N) is 1. The quantitative estimate of drug-likeness (QED) is 0.293. The molecule has 12 heteroatoms. The van der Waals surface area contributed by atoms with E-state index in [1.807, 2.05) is 0 Å². The van der Waals surface area contributed by atoms with Gasteiger partial charge in [0, 0.05) is 25.2 Å². The number of carbonyl (C=O) groups is 1. The van der Waals surface area contributed by atoms with Gasteiger partial charge in [-0.3, -0.25) is 15.5 Å². The molecule has 0 aliphatic carbocycles. The topological polar surface area (TPSA) is 140 Å². The van der Waals surface area contributed by atoms with Crippen LogP contribution in [-0.4, -0.2) is 63.2 Å². The van der Waals surface area contributed by atoms with Crippen LogP contribution in [0.5, 0.6) is 0 Å². The van der Waals surface area contributed by atoms with E-state index in [-0.39, 0.29) is 42.6 Å². The lowest BCUT2D eigenvalue weighted by Gasteiger charge is -2.26. The standard InChI is InChI=1S/C19H20N4O7S/c1-29-19(24)15-4-2-14(3-5-15)13-20-21-17-7-6-16(23(25)26)12-18(17)31(27,28)22-8-10-30-11-9-22/h2-7,12-13,21H,8-11H2,1H3/b20-13-. The number of sulfonamides is 1. The van der Waals surface area contributed by atoms with Crippen molar-refractivity contribution < 1.29 is 27.6 Å². The first-order valence-corrected chi connectivity index (χ1v) is 10.6. The number of nitrogens with zero attached hydrogens (tertiary/aromatic N) is 3. The van der Waals surface area contributed by atoms with Crippen molar-refractivity contribution in [3.8, 4) is 0 Å². The van der Waals surface area contributed by atoms with Crippen LogP contribution in [0.15, 0.2) is 52.5 Å². The number of hydrogen-bond donors (Lipinski definition) is 1. The van der Waals surface area contributed by atoms with E-state index < -0.39 is 20.9 Å². The van der Waals surface area contributed by atoms with E-state index in [0.717, 1.165) is 6.07 Å². The Morgan fingerprint density at radius 1 is 1.23 bits per heavy atom. The monoisotopic (exact) mass is 448 g/mol. The number of rotatable bonds is 7. The highest BCUT2D eigenvalue weighted by Crippen LogP contribution is 2.29. The second-order valence-electron chi connectivity index (χ2n) is 6.44. The number of ether oxygens (including phenoxy) is 2. The van der Waals surface area contributed by atoms with Gasteiger partial charge in [-0.05, 0) is 23.8 Å². The summed E-state index contributed by atoms with van der Waals surface area (Å²) in [5, 5.41) is 15.2. The molecule has 0 atom stereocenters. The van der Waals surface area contributed by atoms with Gasteiger partial charge in [-0.15, -0.1) is 0 Å². The molecular weight excluding hydrogens is 428 g/mol. The van der Waals surface area contributed by atoms with Gasteiger partial charge in [0.1, 0.15) is 4.90 Å². The minimum absolute atomic E-state index is 0.0968. The minimum Gasteiger partial charge on any atom is -0.465 e. The largest absolute Gasteiger partial charge is 0.465 e. The van der Waals surface area contributed by atoms with Crippen LogP contribution in [0.1, 0.15) is 15.9 Å². The lowest BCUT2D eigenvalue weighted by atomic mass is 10.1. The number of nitro benzene ring substituents is 1. The number of non-ortho nitro benzene ring substituents is 1. The van der Waals surface area contributed by atoms with Crippen molar-refractivity contribution in [2.24, 2.45) is 5.10 Å². The average Bonchev–Trinajstić information content (AvgIpc) is 2.79. The molecule has 2 aromatic rings. The molecule has 1 N–H and O–H groups in total. The van der Waals surface area contributed by atoms with E-state index in [1.54, 1.807) is 24.3 Å². The number of carbonyl (C=O) groups excluding carboxylic acids is 1. The Labute approximate surface area is 178 Å². The summed E-state index contributed by atoms with van der Waals surface area (Å²) in [5.41, 5.74) is 3.40. The van der Waals surface area contributed by atoms with Crippen molar-refractivity contribution >= 4 is 33.6 Å². The van der Waals surface area contributed by atoms with Crippen LogP contribution in [0.25, 0.3) is 0 Å². The third-order valence-electron chi connectivity index (χ3n) is 4.49. The fourth-order valence-corrected chi connectivity index (χ4v) is 4.43. The molecule has 0 amide bonds. The SMILES string of the molecule is COC(=O)c1ccc(/C=N\Nc2ccc([N+](=O)[O-])cc2S(=O)(=O)N2CCOCC2)cc1. The van der Waals surface area contributed by atoms with Gasteiger partial charge in [-0.1, -0.05) is 12.1 Å². The summed E-state index contributed by atoms with van der Waals surface area (Å²) in [7, 11) is -2.71. The zero-order valence-corrected chi connectivity index (χ0v) is 17.4. The van der Waals surface area contributed by atoms with Crippen molar-refractivity contribution in [3.05, 3.63) is 63.7 Å². The van der Waals surface area contributed by atoms with Gasteiger partial charge in [-0.2, -0.15) is 9.41 Å². The average molecular weight is 448 g/mol. The fraction of sp³-hybridized carbons (Fsp3) is 0.263. The molecule has 0 aromatic heterocycles. The van der Waals surface area contributed by atoms with Gasteiger partial charge in [-0.25, -0.2) is 13.2 Å². The van der Waals surface area contributed by atoms with Crippen LogP contribution >= 0.6 is 0 Å². The number of nitro groups is 1. The van der Waals surface area contributed by atoms with Crippen LogP contribution in [0.4, 0.5) is 11.4 Å². The molecule has 31 heavy (non-hydrogen) atoms. The van der Waals surface area contributed by atoms with Crippen LogP contribution in [0.3, 0.4) is 0 Å². The van der Waals surface area contributed by atoms with Crippen molar-refractivity contribution in [3.63, 3.8) is 0 Å². The molecule has 164 valence electrons. The first-order valence-electron chi connectivity index (χ1n) is 9.16. The number of hydrazone groups is 1. The second-order valence-corrected chi connectivity index (χ2v) is 8.34. The van der Waals surface area contributed by atoms with Crippen molar-refractivity contribution in [1.82, 2.24) is 4.31 Å². The Hall–Kier alpha value is -3.35. The molecule has 1 aliphatic heterocycles. The van der Waals surface area contributed by atoms with Gasteiger partial charge >= 0.3 is 5.97 Å². The van der Waals surface area contributed by atoms with Gasteiger partial charge in [0.2, 0.25) is 10.0 Å². The first kappa shape index (κ1) is 22.3. The van der Waals surface area contributed by atoms with Gasteiger partial charge in [0.15, 0.2) is 0 Å². The Bertz CT molecular complexity index is 1090. The third kappa shape index (κ3) is 5.23. The summed E-state index contributed by atoms with van der Waals surface area (Å²) < 4.78 is 37.2. The molecule has 0 spiro atoms. The van der Waals surface area contributed by atoms with Crippen LogP contribution in [0, 0.1) is 10.1 Å². The molecule has 1 aliphatic rings. The van der Waals surface area contributed by atoms with E-state index in [0.29, 0.717) is 11.1 Å². The lowest BCUT2D eigenvalue weighted by molar-refractivity contribution is -0.385. The van der Waals surface area contributed by atoms with Crippen LogP contribution in [0.2, 0.25) is 0 Å². The number of esters is 1. The van der Waals surface area contributed by atoms with E-state index in [1.165, 1.54) is 29.8 Å². The molecule has 1 heterocycles. The summed E-state index contributed by atoms with van der Waals surface area (Å²) in [5.74, 6) is -0.467. The molecule has 2 aromatic carbocycles. The lowest BCUT2D eigenvalue weighted by Crippen LogP contribution is -2.40. The zero-order chi connectivity index (χ0) is 22.4. The zero-order valence-electron chi connectivity index (χ0n) is 16.6. The van der Waals surface area contributed by atoms with E-state index >= 15 is 0 Å². The van der Waals surface area contributed by atoms with Crippen molar-refractivity contribution in [2.45, 2.75) is 4.90 Å². The first-order chi connectivity index (χ1) is 14.8. The highest BCUT2D eigenvalue weighted by Gasteiger charge is 2.30. The summed E-state index contributed by atoms with van der Waals surface area (Å²) in [4.78, 5) is 21.7. The van der Waals surface area contributed by atoms with Crippen molar-refractivity contribution in [2.75, 3.05) is 38.8 Å². The summed E-state index contributed by atoms with van der Waals surface area (Å²) in [6, 6.07) is 9.90. The molecule has 1 saturated heterocycles. The van der Waals surface area contributed by atoms with E-state index in [2.05, 4.69) is 15.3 Å².